The fourth-order valence-corrected chi connectivity index (χ4v) is 2.81. The van der Waals surface area contributed by atoms with Gasteiger partial charge >= 0.3 is 6.03 Å². The number of carbonyl (C=O) groups excluding carboxylic acids is 2. The number of benzene rings is 1. The largest absolute Gasteiger partial charge is 0.336 e. The molecule has 2 N–H and O–H groups in total. The number of anilines is 1. The number of rotatable bonds is 2. The standard InChI is InChI=1S/C15H20N4O2.ClH/c1-11-10-16-6-8-18(11)14(20)12-2-4-13(5-3-12)19-9-7-17-15(19)21;/h2-5,11,16H,6-10H2,1H3,(H,17,21);1H. The molecule has 0 radical (unpaired) electrons. The molecule has 7 heteroatoms. The molecule has 0 aromatic heterocycles. The molecule has 2 aliphatic heterocycles. The second-order valence-corrected chi connectivity index (χ2v) is 5.48. The lowest BCUT2D eigenvalue weighted by molar-refractivity contribution is 0.0656. The Balaban J connectivity index is 0.00000176. The van der Waals surface area contributed by atoms with Gasteiger partial charge in [0.05, 0.1) is 0 Å². The maximum absolute atomic E-state index is 12.5. The van der Waals surface area contributed by atoms with E-state index in [4.69, 9.17) is 0 Å². The molecule has 2 heterocycles. The van der Waals surface area contributed by atoms with Gasteiger partial charge < -0.3 is 15.5 Å². The van der Waals surface area contributed by atoms with Crippen LogP contribution in [0.1, 0.15) is 17.3 Å². The topological polar surface area (TPSA) is 64.7 Å². The summed E-state index contributed by atoms with van der Waals surface area (Å²) in [5.74, 6) is 0.0569. The molecule has 1 atom stereocenters. The van der Waals surface area contributed by atoms with Crippen LogP contribution in [0.4, 0.5) is 10.5 Å². The van der Waals surface area contributed by atoms with Gasteiger partial charge in [-0.25, -0.2) is 4.79 Å². The molecular weight excluding hydrogens is 304 g/mol. The number of piperazine rings is 1. The summed E-state index contributed by atoms with van der Waals surface area (Å²) < 4.78 is 0. The Labute approximate surface area is 136 Å². The number of halogens is 1. The maximum Gasteiger partial charge on any atom is 0.321 e. The average Bonchev–Trinajstić information content (AvgIpc) is 2.93. The number of urea groups is 1. The number of amides is 3. The lowest BCUT2D eigenvalue weighted by atomic mass is 10.1. The summed E-state index contributed by atoms with van der Waals surface area (Å²) in [6, 6.07) is 7.41. The van der Waals surface area contributed by atoms with Crippen LogP contribution in [-0.2, 0) is 0 Å². The van der Waals surface area contributed by atoms with Crippen LogP contribution < -0.4 is 15.5 Å². The molecule has 120 valence electrons. The van der Waals surface area contributed by atoms with Crippen LogP contribution in [0.2, 0.25) is 0 Å². The zero-order valence-electron chi connectivity index (χ0n) is 12.5. The van der Waals surface area contributed by atoms with E-state index in [1.807, 2.05) is 24.0 Å². The highest BCUT2D eigenvalue weighted by Crippen LogP contribution is 2.19. The SMILES string of the molecule is CC1CNCCN1C(=O)c1ccc(N2CCNC2=O)cc1.Cl. The van der Waals surface area contributed by atoms with Crippen LogP contribution in [0.3, 0.4) is 0 Å². The van der Waals surface area contributed by atoms with Crippen LogP contribution in [0.5, 0.6) is 0 Å². The molecule has 3 amide bonds. The van der Waals surface area contributed by atoms with Gasteiger partial charge in [0.15, 0.2) is 0 Å². The van der Waals surface area contributed by atoms with Crippen molar-refractivity contribution in [1.29, 1.82) is 0 Å². The summed E-state index contributed by atoms with van der Waals surface area (Å²) in [4.78, 5) is 27.7. The molecule has 1 aromatic rings. The van der Waals surface area contributed by atoms with Gasteiger partial charge in [0.1, 0.15) is 0 Å². The molecule has 0 bridgehead atoms. The van der Waals surface area contributed by atoms with Gasteiger partial charge in [0.25, 0.3) is 5.91 Å². The Morgan fingerprint density at radius 2 is 1.91 bits per heavy atom. The molecule has 6 nitrogen and oxygen atoms in total. The van der Waals surface area contributed by atoms with Crippen molar-refractivity contribution in [3.63, 3.8) is 0 Å². The van der Waals surface area contributed by atoms with Crippen LogP contribution in [0.15, 0.2) is 24.3 Å². The molecule has 22 heavy (non-hydrogen) atoms. The van der Waals surface area contributed by atoms with E-state index in [2.05, 4.69) is 10.6 Å². The number of nitrogens with zero attached hydrogens (tertiary/aromatic N) is 2. The highest BCUT2D eigenvalue weighted by atomic mass is 35.5. The predicted molar refractivity (Wildman–Crippen MR) is 87.8 cm³/mol. The van der Waals surface area contributed by atoms with Crippen molar-refractivity contribution in [2.75, 3.05) is 37.6 Å². The summed E-state index contributed by atoms with van der Waals surface area (Å²) in [5.41, 5.74) is 1.50. The lowest BCUT2D eigenvalue weighted by Crippen LogP contribution is -2.52. The van der Waals surface area contributed by atoms with E-state index >= 15 is 0 Å². The van der Waals surface area contributed by atoms with Gasteiger partial charge in [0, 0.05) is 50.0 Å². The Kier molecular flexibility index (Phi) is 5.26. The molecule has 0 saturated carbocycles. The first-order valence-electron chi connectivity index (χ1n) is 7.34. The summed E-state index contributed by atoms with van der Waals surface area (Å²) in [6.45, 7) is 5.78. The molecule has 0 spiro atoms. The predicted octanol–water partition coefficient (Wildman–Crippen LogP) is 1.07. The van der Waals surface area contributed by atoms with E-state index < -0.39 is 0 Å². The highest BCUT2D eigenvalue weighted by molar-refractivity contribution is 5.97. The van der Waals surface area contributed by atoms with E-state index in [0.717, 1.165) is 25.3 Å². The molecule has 0 aliphatic carbocycles. The van der Waals surface area contributed by atoms with Crippen molar-refractivity contribution in [1.82, 2.24) is 15.5 Å². The number of nitrogens with one attached hydrogen (secondary N) is 2. The first kappa shape index (κ1) is 16.6. The third-order valence-corrected chi connectivity index (χ3v) is 4.04. The third kappa shape index (κ3) is 3.18. The van der Waals surface area contributed by atoms with Gasteiger partial charge in [-0.2, -0.15) is 0 Å². The van der Waals surface area contributed by atoms with Crippen molar-refractivity contribution in [3.05, 3.63) is 29.8 Å². The monoisotopic (exact) mass is 324 g/mol. The Hall–Kier alpha value is -1.79. The van der Waals surface area contributed by atoms with Crippen molar-refractivity contribution < 1.29 is 9.59 Å². The number of hydrogen-bond acceptors (Lipinski definition) is 3. The Morgan fingerprint density at radius 3 is 2.50 bits per heavy atom. The van der Waals surface area contributed by atoms with Gasteiger partial charge in [-0.1, -0.05) is 0 Å². The van der Waals surface area contributed by atoms with Gasteiger partial charge in [-0.3, -0.25) is 9.69 Å². The lowest BCUT2D eigenvalue weighted by Gasteiger charge is -2.34. The smallest absolute Gasteiger partial charge is 0.321 e. The first-order valence-corrected chi connectivity index (χ1v) is 7.34. The molecule has 1 aromatic carbocycles. The Bertz CT molecular complexity index is 549. The first-order chi connectivity index (χ1) is 10.2. The number of carbonyl (C=O) groups is 2. The fourth-order valence-electron chi connectivity index (χ4n) is 2.81. The molecule has 2 fully saturated rings. The van der Waals surface area contributed by atoms with Crippen molar-refractivity contribution >= 4 is 30.0 Å². The summed E-state index contributed by atoms with van der Waals surface area (Å²) in [5, 5.41) is 6.04. The maximum atomic E-state index is 12.5. The Morgan fingerprint density at radius 1 is 1.18 bits per heavy atom. The van der Waals surface area contributed by atoms with Crippen molar-refractivity contribution in [2.45, 2.75) is 13.0 Å². The van der Waals surface area contributed by atoms with Crippen molar-refractivity contribution in [3.8, 4) is 0 Å². The third-order valence-electron chi connectivity index (χ3n) is 4.04. The molecule has 1 unspecified atom stereocenters. The van der Waals surface area contributed by atoms with Gasteiger partial charge in [0.2, 0.25) is 0 Å². The van der Waals surface area contributed by atoms with Crippen LogP contribution in [-0.4, -0.2) is 55.6 Å². The molecular formula is C15H21ClN4O2. The molecule has 2 saturated heterocycles. The number of hydrogen-bond donors (Lipinski definition) is 2. The minimum absolute atomic E-state index is 0. The fraction of sp³-hybridized carbons (Fsp3) is 0.467. The van der Waals surface area contributed by atoms with E-state index in [0.29, 0.717) is 18.7 Å². The van der Waals surface area contributed by atoms with Crippen LogP contribution in [0.25, 0.3) is 0 Å². The second kappa shape index (κ2) is 6.98. The molecule has 2 aliphatic rings. The van der Waals surface area contributed by atoms with E-state index in [9.17, 15) is 9.59 Å². The average molecular weight is 325 g/mol. The summed E-state index contributed by atoms with van der Waals surface area (Å²) in [7, 11) is 0. The second-order valence-electron chi connectivity index (χ2n) is 5.48. The van der Waals surface area contributed by atoms with Gasteiger partial charge in [-0.15, -0.1) is 12.4 Å². The zero-order chi connectivity index (χ0) is 14.8. The minimum atomic E-state index is -0.0789. The van der Waals surface area contributed by atoms with Gasteiger partial charge in [-0.05, 0) is 31.2 Å². The quantitative estimate of drug-likeness (QED) is 0.855. The van der Waals surface area contributed by atoms with E-state index in [1.54, 1.807) is 17.0 Å². The van der Waals surface area contributed by atoms with E-state index in [1.165, 1.54) is 0 Å². The highest BCUT2D eigenvalue weighted by Gasteiger charge is 2.25. The normalized spacial score (nSPS) is 21.3. The van der Waals surface area contributed by atoms with Crippen molar-refractivity contribution in [2.24, 2.45) is 0 Å². The van der Waals surface area contributed by atoms with E-state index in [-0.39, 0.29) is 30.4 Å². The zero-order valence-corrected chi connectivity index (χ0v) is 13.4. The summed E-state index contributed by atoms with van der Waals surface area (Å²) >= 11 is 0. The van der Waals surface area contributed by atoms with Crippen LogP contribution >= 0.6 is 12.4 Å². The minimum Gasteiger partial charge on any atom is -0.336 e. The van der Waals surface area contributed by atoms with Crippen LogP contribution in [0, 0.1) is 0 Å². The summed E-state index contributed by atoms with van der Waals surface area (Å²) in [6.07, 6.45) is 0. The molecule has 3 rings (SSSR count).